The minimum Gasteiger partial charge on any atom is -0.488 e. The van der Waals surface area contributed by atoms with E-state index in [9.17, 15) is 4.79 Å². The van der Waals surface area contributed by atoms with Crippen LogP contribution in [0.1, 0.15) is 29.5 Å². The van der Waals surface area contributed by atoms with Crippen molar-refractivity contribution >= 4 is 23.6 Å². The Hall–Kier alpha value is -2.30. The third kappa shape index (κ3) is 4.57. The van der Waals surface area contributed by atoms with Gasteiger partial charge in [0, 0.05) is 36.3 Å². The number of nitrogens with one attached hydrogen (secondary N) is 1. The molecule has 0 atom stereocenters. The van der Waals surface area contributed by atoms with E-state index in [4.69, 9.17) is 16.3 Å². The average molecular weight is 397 g/mol. The number of nitrogens with zero attached hydrogens (tertiary/aromatic N) is 1. The van der Waals surface area contributed by atoms with Gasteiger partial charge < -0.3 is 10.1 Å². The molecule has 1 amide bonds. The smallest absolute Gasteiger partial charge is 0.250 e. The molecular weight excluding hydrogens is 372 g/mol. The van der Waals surface area contributed by atoms with E-state index in [1.165, 1.54) is 11.1 Å². The van der Waals surface area contributed by atoms with E-state index in [0.717, 1.165) is 43.8 Å². The summed E-state index contributed by atoms with van der Waals surface area (Å²) in [6, 6.07) is 14.3. The van der Waals surface area contributed by atoms with E-state index >= 15 is 0 Å². The lowest BCUT2D eigenvalue weighted by atomic mass is 10.0. The SMILES string of the molecule is Cc1cccc(CN2CCC(NC(=O)C3=Cc4cc(Cl)ccc4OC3)CC2)c1. The molecule has 2 heterocycles. The minimum absolute atomic E-state index is 0.0391. The lowest BCUT2D eigenvalue weighted by Gasteiger charge is -2.32. The first-order valence-corrected chi connectivity index (χ1v) is 10.2. The molecule has 4 nitrogen and oxygen atoms in total. The second-order valence-electron chi connectivity index (χ2n) is 7.65. The Bertz CT molecular complexity index is 901. The largest absolute Gasteiger partial charge is 0.488 e. The number of carbonyl (C=O) groups excluding carboxylic acids is 1. The Labute approximate surface area is 171 Å². The third-order valence-electron chi connectivity index (χ3n) is 5.39. The molecule has 4 rings (SSSR count). The Morgan fingerprint density at radius 3 is 2.82 bits per heavy atom. The van der Waals surface area contributed by atoms with Crippen molar-refractivity contribution < 1.29 is 9.53 Å². The molecule has 28 heavy (non-hydrogen) atoms. The molecule has 0 spiro atoms. The monoisotopic (exact) mass is 396 g/mol. The molecule has 2 aliphatic heterocycles. The number of halogens is 1. The van der Waals surface area contributed by atoms with Crippen LogP contribution in [0.4, 0.5) is 0 Å². The number of amides is 1. The first kappa shape index (κ1) is 19.0. The summed E-state index contributed by atoms with van der Waals surface area (Å²) in [7, 11) is 0. The molecule has 2 aromatic rings. The highest BCUT2D eigenvalue weighted by Crippen LogP contribution is 2.29. The Balaban J connectivity index is 1.31. The van der Waals surface area contributed by atoms with E-state index in [0.29, 0.717) is 17.2 Å². The first-order valence-electron chi connectivity index (χ1n) is 9.78. The predicted molar refractivity (Wildman–Crippen MR) is 113 cm³/mol. The molecule has 1 fully saturated rings. The van der Waals surface area contributed by atoms with E-state index < -0.39 is 0 Å². The molecule has 2 aromatic carbocycles. The zero-order valence-electron chi connectivity index (χ0n) is 16.1. The van der Waals surface area contributed by atoms with E-state index in [1.807, 2.05) is 18.2 Å². The quantitative estimate of drug-likeness (QED) is 0.841. The molecule has 0 bridgehead atoms. The molecule has 0 aromatic heterocycles. The first-order chi connectivity index (χ1) is 13.6. The molecule has 0 aliphatic carbocycles. The fourth-order valence-corrected chi connectivity index (χ4v) is 4.04. The van der Waals surface area contributed by atoms with Crippen molar-refractivity contribution in [2.75, 3.05) is 19.7 Å². The highest BCUT2D eigenvalue weighted by atomic mass is 35.5. The zero-order valence-corrected chi connectivity index (χ0v) is 16.8. The summed E-state index contributed by atoms with van der Waals surface area (Å²) < 4.78 is 5.70. The van der Waals surface area contributed by atoms with Gasteiger partial charge in [-0.05, 0) is 49.6 Å². The number of rotatable bonds is 4. The van der Waals surface area contributed by atoms with Crippen molar-refractivity contribution in [1.82, 2.24) is 10.2 Å². The number of carbonyl (C=O) groups is 1. The van der Waals surface area contributed by atoms with Crippen LogP contribution in [0.2, 0.25) is 5.02 Å². The van der Waals surface area contributed by atoms with E-state index in [2.05, 4.69) is 41.4 Å². The van der Waals surface area contributed by atoms with Crippen molar-refractivity contribution in [3.63, 3.8) is 0 Å². The van der Waals surface area contributed by atoms with Gasteiger partial charge in [-0.25, -0.2) is 0 Å². The predicted octanol–water partition coefficient (Wildman–Crippen LogP) is 4.21. The highest BCUT2D eigenvalue weighted by Gasteiger charge is 2.23. The zero-order chi connectivity index (χ0) is 19.5. The van der Waals surface area contributed by atoms with Crippen LogP contribution in [0.3, 0.4) is 0 Å². The van der Waals surface area contributed by atoms with Crippen molar-refractivity contribution in [3.05, 3.63) is 69.8 Å². The second kappa shape index (κ2) is 8.38. The summed E-state index contributed by atoms with van der Waals surface area (Å²) in [4.78, 5) is 15.1. The molecule has 2 aliphatic rings. The van der Waals surface area contributed by atoms with Crippen LogP contribution in [0.25, 0.3) is 6.08 Å². The Kier molecular flexibility index (Phi) is 5.69. The highest BCUT2D eigenvalue weighted by molar-refractivity contribution is 6.30. The van der Waals surface area contributed by atoms with E-state index in [-0.39, 0.29) is 11.9 Å². The normalized spacial score (nSPS) is 17.4. The van der Waals surface area contributed by atoms with Gasteiger partial charge in [-0.3, -0.25) is 9.69 Å². The van der Waals surface area contributed by atoms with Gasteiger partial charge in [-0.15, -0.1) is 0 Å². The number of likely N-dealkylation sites (tertiary alicyclic amines) is 1. The Morgan fingerprint density at radius 1 is 1.21 bits per heavy atom. The molecule has 5 heteroatoms. The summed E-state index contributed by atoms with van der Waals surface area (Å²) in [5, 5.41) is 3.82. The molecule has 1 N–H and O–H groups in total. The summed E-state index contributed by atoms with van der Waals surface area (Å²) >= 11 is 6.05. The number of hydrogen-bond acceptors (Lipinski definition) is 3. The van der Waals surface area contributed by atoms with Crippen molar-refractivity contribution in [3.8, 4) is 5.75 Å². The summed E-state index contributed by atoms with van der Waals surface area (Å²) in [5.74, 6) is 0.730. The molecule has 0 saturated carbocycles. The van der Waals surface area contributed by atoms with Crippen molar-refractivity contribution in [2.45, 2.75) is 32.4 Å². The molecule has 146 valence electrons. The molecular formula is C23H25ClN2O2. The number of ether oxygens (including phenoxy) is 1. The number of piperidine rings is 1. The fraction of sp³-hybridized carbons (Fsp3) is 0.348. The van der Waals surface area contributed by atoms with Crippen LogP contribution in [-0.4, -0.2) is 36.5 Å². The number of fused-ring (bicyclic) bond motifs is 1. The number of hydrogen-bond donors (Lipinski definition) is 1. The number of benzene rings is 2. The minimum atomic E-state index is -0.0391. The van der Waals surface area contributed by atoms with Crippen LogP contribution >= 0.6 is 11.6 Å². The van der Waals surface area contributed by atoms with Crippen molar-refractivity contribution in [1.29, 1.82) is 0 Å². The van der Waals surface area contributed by atoms with Crippen LogP contribution in [0.5, 0.6) is 5.75 Å². The Morgan fingerprint density at radius 2 is 2.04 bits per heavy atom. The van der Waals surface area contributed by atoms with Gasteiger partial charge in [-0.1, -0.05) is 41.4 Å². The average Bonchev–Trinajstić information content (AvgIpc) is 2.69. The van der Waals surface area contributed by atoms with Crippen LogP contribution in [0, 0.1) is 6.92 Å². The lowest BCUT2D eigenvalue weighted by molar-refractivity contribution is -0.118. The van der Waals surface area contributed by atoms with Gasteiger partial charge in [0.25, 0.3) is 5.91 Å². The van der Waals surface area contributed by atoms with Crippen LogP contribution in [-0.2, 0) is 11.3 Å². The van der Waals surface area contributed by atoms with Gasteiger partial charge in [0.1, 0.15) is 12.4 Å². The second-order valence-corrected chi connectivity index (χ2v) is 8.09. The van der Waals surface area contributed by atoms with E-state index in [1.54, 1.807) is 6.07 Å². The van der Waals surface area contributed by atoms with Gasteiger partial charge in [0.15, 0.2) is 0 Å². The summed E-state index contributed by atoms with van der Waals surface area (Å²) in [6.07, 6.45) is 3.81. The maximum Gasteiger partial charge on any atom is 0.250 e. The lowest BCUT2D eigenvalue weighted by Crippen LogP contribution is -2.45. The molecule has 0 unspecified atom stereocenters. The van der Waals surface area contributed by atoms with Crippen LogP contribution < -0.4 is 10.1 Å². The third-order valence-corrected chi connectivity index (χ3v) is 5.62. The van der Waals surface area contributed by atoms with Gasteiger partial charge in [0.05, 0.1) is 5.57 Å². The molecule has 0 radical (unpaired) electrons. The molecule has 1 saturated heterocycles. The standard InChI is InChI=1S/C23H25ClN2O2/c1-16-3-2-4-17(11-16)14-26-9-7-21(8-10-26)25-23(27)19-12-18-13-20(24)5-6-22(18)28-15-19/h2-6,11-13,21H,7-10,14-15H2,1H3,(H,25,27). The fourth-order valence-electron chi connectivity index (χ4n) is 3.86. The van der Waals surface area contributed by atoms with Gasteiger partial charge >= 0.3 is 0 Å². The van der Waals surface area contributed by atoms with Crippen LogP contribution in [0.15, 0.2) is 48.0 Å². The topological polar surface area (TPSA) is 41.6 Å². The maximum absolute atomic E-state index is 12.7. The number of aryl methyl sites for hydroxylation is 1. The van der Waals surface area contributed by atoms with Gasteiger partial charge in [-0.2, -0.15) is 0 Å². The summed E-state index contributed by atoms with van der Waals surface area (Å²) in [5.41, 5.74) is 4.16. The maximum atomic E-state index is 12.7. The summed E-state index contributed by atoms with van der Waals surface area (Å²) in [6.45, 7) is 5.38. The van der Waals surface area contributed by atoms with Gasteiger partial charge in [0.2, 0.25) is 0 Å². The van der Waals surface area contributed by atoms with Crippen molar-refractivity contribution in [2.24, 2.45) is 0 Å².